The Morgan fingerprint density at radius 2 is 2.00 bits per heavy atom. The van der Waals surface area contributed by atoms with Gasteiger partial charge in [-0.2, -0.15) is 0 Å². The summed E-state index contributed by atoms with van der Waals surface area (Å²) in [5.41, 5.74) is 1.10. The Hall–Kier alpha value is -0.430. The maximum absolute atomic E-state index is 5.93. The fourth-order valence-electron chi connectivity index (χ4n) is 2.38. The summed E-state index contributed by atoms with van der Waals surface area (Å²) in [5, 5.41) is 3.35. The standard InChI is InChI=1S/C15H24IN3O/c1-6-17-14-11(16)12(15(3,4)5)18-13(19-14)10-8-7-9(2)20-10/h9-10H,6-8H2,1-5H3,(H,17,18,19). The topological polar surface area (TPSA) is 47.0 Å². The largest absolute Gasteiger partial charge is 0.369 e. The van der Waals surface area contributed by atoms with E-state index in [1.165, 1.54) is 0 Å². The highest BCUT2D eigenvalue weighted by Crippen LogP contribution is 2.35. The summed E-state index contributed by atoms with van der Waals surface area (Å²) in [4.78, 5) is 9.52. The van der Waals surface area contributed by atoms with E-state index in [1.807, 2.05) is 0 Å². The summed E-state index contributed by atoms with van der Waals surface area (Å²) in [7, 11) is 0. The molecule has 112 valence electrons. The van der Waals surface area contributed by atoms with E-state index in [1.54, 1.807) is 0 Å². The second-order valence-electron chi connectivity index (χ2n) is 6.39. The molecule has 2 heterocycles. The van der Waals surface area contributed by atoms with Crippen molar-refractivity contribution in [1.29, 1.82) is 0 Å². The van der Waals surface area contributed by atoms with Crippen molar-refractivity contribution in [1.82, 2.24) is 9.97 Å². The van der Waals surface area contributed by atoms with Crippen LogP contribution >= 0.6 is 22.6 Å². The molecule has 1 aromatic rings. The van der Waals surface area contributed by atoms with E-state index in [0.29, 0.717) is 6.10 Å². The van der Waals surface area contributed by atoms with Crippen molar-refractivity contribution in [3.05, 3.63) is 15.1 Å². The number of aromatic nitrogens is 2. The van der Waals surface area contributed by atoms with Gasteiger partial charge in [0.05, 0.1) is 15.4 Å². The van der Waals surface area contributed by atoms with Crippen molar-refractivity contribution < 1.29 is 4.74 Å². The Morgan fingerprint density at radius 3 is 2.50 bits per heavy atom. The lowest BCUT2D eigenvalue weighted by Crippen LogP contribution is -2.21. The number of nitrogens with one attached hydrogen (secondary N) is 1. The highest BCUT2D eigenvalue weighted by atomic mass is 127. The maximum Gasteiger partial charge on any atom is 0.159 e. The Labute approximate surface area is 135 Å². The van der Waals surface area contributed by atoms with Gasteiger partial charge >= 0.3 is 0 Å². The molecule has 0 radical (unpaired) electrons. The quantitative estimate of drug-likeness (QED) is 0.793. The molecule has 1 aromatic heterocycles. The molecule has 1 aliphatic rings. The monoisotopic (exact) mass is 389 g/mol. The summed E-state index contributed by atoms with van der Waals surface area (Å²) >= 11 is 2.35. The second kappa shape index (κ2) is 6.13. The van der Waals surface area contributed by atoms with Crippen LogP contribution in [-0.2, 0) is 10.2 Å². The van der Waals surface area contributed by atoms with Crippen molar-refractivity contribution in [2.24, 2.45) is 0 Å². The fraction of sp³-hybridized carbons (Fsp3) is 0.733. The van der Waals surface area contributed by atoms with Gasteiger partial charge in [0.1, 0.15) is 11.9 Å². The van der Waals surface area contributed by atoms with Crippen LogP contribution < -0.4 is 5.32 Å². The number of anilines is 1. The van der Waals surface area contributed by atoms with Crippen LogP contribution in [0.5, 0.6) is 0 Å². The minimum absolute atomic E-state index is 0.00258. The number of nitrogens with zero attached hydrogens (tertiary/aromatic N) is 2. The normalized spacial score (nSPS) is 23.1. The van der Waals surface area contributed by atoms with Crippen molar-refractivity contribution in [2.45, 2.75) is 65.1 Å². The van der Waals surface area contributed by atoms with Gasteiger partial charge in [-0.15, -0.1) is 0 Å². The van der Waals surface area contributed by atoms with Crippen molar-refractivity contribution in [3.8, 4) is 0 Å². The average molecular weight is 389 g/mol. The van der Waals surface area contributed by atoms with E-state index < -0.39 is 0 Å². The molecule has 0 spiro atoms. The zero-order valence-electron chi connectivity index (χ0n) is 13.0. The predicted octanol–water partition coefficient (Wildman–Crippen LogP) is 4.05. The zero-order valence-corrected chi connectivity index (χ0v) is 15.1. The van der Waals surface area contributed by atoms with Gasteiger partial charge in [0.15, 0.2) is 5.82 Å². The molecule has 0 amide bonds. The SMILES string of the molecule is CCNc1nc(C2CCC(C)O2)nc(C(C)(C)C)c1I. The number of rotatable bonds is 3. The summed E-state index contributed by atoms with van der Waals surface area (Å²) < 4.78 is 7.05. The number of ether oxygens (including phenoxy) is 1. The third-order valence-electron chi connectivity index (χ3n) is 3.44. The van der Waals surface area contributed by atoms with Crippen molar-refractivity contribution in [3.63, 3.8) is 0 Å². The predicted molar refractivity (Wildman–Crippen MR) is 90.1 cm³/mol. The van der Waals surface area contributed by atoms with E-state index in [4.69, 9.17) is 14.7 Å². The molecule has 0 bridgehead atoms. The Kier molecular flexibility index (Phi) is 4.89. The summed E-state index contributed by atoms with van der Waals surface area (Å²) in [5.74, 6) is 1.77. The van der Waals surface area contributed by atoms with Gasteiger partial charge in [-0.25, -0.2) is 9.97 Å². The first-order valence-electron chi connectivity index (χ1n) is 7.30. The summed E-state index contributed by atoms with van der Waals surface area (Å²) in [6.07, 6.45) is 2.45. The second-order valence-corrected chi connectivity index (χ2v) is 7.46. The van der Waals surface area contributed by atoms with Crippen LogP contribution in [-0.4, -0.2) is 22.6 Å². The zero-order chi connectivity index (χ0) is 14.9. The molecule has 0 aliphatic carbocycles. The molecule has 1 N–H and O–H groups in total. The van der Waals surface area contributed by atoms with Crippen LogP contribution in [0.3, 0.4) is 0 Å². The first-order chi connectivity index (χ1) is 9.32. The van der Waals surface area contributed by atoms with E-state index in [2.05, 4.69) is 62.5 Å². The Balaban J connectivity index is 2.44. The van der Waals surface area contributed by atoms with Gasteiger partial charge in [-0.1, -0.05) is 20.8 Å². The van der Waals surface area contributed by atoms with Gasteiger partial charge in [0, 0.05) is 12.0 Å². The molecule has 0 aromatic carbocycles. The molecule has 1 fully saturated rings. The number of halogens is 1. The molecule has 4 nitrogen and oxygen atoms in total. The first-order valence-corrected chi connectivity index (χ1v) is 8.38. The third-order valence-corrected chi connectivity index (χ3v) is 4.46. The average Bonchev–Trinajstić information content (AvgIpc) is 2.77. The molecular weight excluding hydrogens is 365 g/mol. The van der Waals surface area contributed by atoms with Crippen LogP contribution in [0.1, 0.15) is 65.1 Å². The molecule has 1 aliphatic heterocycles. The molecular formula is C15H24IN3O. The smallest absolute Gasteiger partial charge is 0.159 e. The van der Waals surface area contributed by atoms with E-state index >= 15 is 0 Å². The van der Waals surface area contributed by atoms with Crippen LogP contribution in [0.15, 0.2) is 0 Å². The molecule has 2 atom stereocenters. The van der Waals surface area contributed by atoms with E-state index in [9.17, 15) is 0 Å². The lowest BCUT2D eigenvalue weighted by atomic mass is 9.91. The molecule has 20 heavy (non-hydrogen) atoms. The molecule has 5 heteroatoms. The van der Waals surface area contributed by atoms with E-state index in [-0.39, 0.29) is 11.5 Å². The molecule has 2 unspecified atom stereocenters. The summed E-state index contributed by atoms with van der Waals surface area (Å²) in [6.45, 7) is 11.6. The van der Waals surface area contributed by atoms with Gasteiger partial charge in [-0.05, 0) is 49.3 Å². The van der Waals surface area contributed by atoms with Crippen LogP contribution in [0.25, 0.3) is 0 Å². The highest BCUT2D eigenvalue weighted by Gasteiger charge is 2.29. The number of hydrogen-bond donors (Lipinski definition) is 1. The van der Waals surface area contributed by atoms with Gasteiger partial charge in [0.2, 0.25) is 0 Å². The highest BCUT2D eigenvalue weighted by molar-refractivity contribution is 14.1. The molecule has 1 saturated heterocycles. The van der Waals surface area contributed by atoms with Crippen LogP contribution in [0, 0.1) is 3.57 Å². The van der Waals surface area contributed by atoms with Crippen molar-refractivity contribution in [2.75, 3.05) is 11.9 Å². The maximum atomic E-state index is 5.93. The van der Waals surface area contributed by atoms with Gasteiger partial charge in [-0.3, -0.25) is 0 Å². The van der Waals surface area contributed by atoms with E-state index in [0.717, 1.165) is 40.3 Å². The molecule has 0 saturated carbocycles. The lowest BCUT2D eigenvalue weighted by Gasteiger charge is -2.23. The lowest BCUT2D eigenvalue weighted by molar-refractivity contribution is 0.0501. The minimum atomic E-state index is 0.00258. The Bertz CT molecular complexity index is 485. The van der Waals surface area contributed by atoms with Crippen LogP contribution in [0.2, 0.25) is 0 Å². The fourth-order valence-corrected chi connectivity index (χ4v) is 3.62. The number of hydrogen-bond acceptors (Lipinski definition) is 4. The van der Waals surface area contributed by atoms with Crippen LogP contribution in [0.4, 0.5) is 5.82 Å². The third kappa shape index (κ3) is 3.42. The van der Waals surface area contributed by atoms with Gasteiger partial charge < -0.3 is 10.1 Å². The van der Waals surface area contributed by atoms with Gasteiger partial charge in [0.25, 0.3) is 0 Å². The van der Waals surface area contributed by atoms with Crippen molar-refractivity contribution >= 4 is 28.4 Å². The molecule has 2 rings (SSSR count). The minimum Gasteiger partial charge on any atom is -0.369 e. The summed E-state index contributed by atoms with van der Waals surface area (Å²) in [6, 6.07) is 0. The Morgan fingerprint density at radius 1 is 1.30 bits per heavy atom. The first kappa shape index (κ1) is 15.9.